The fourth-order valence-electron chi connectivity index (χ4n) is 2.54. The summed E-state index contributed by atoms with van der Waals surface area (Å²) in [4.78, 5) is 24.5. The number of carbonyl (C=O) groups excluding carboxylic acids is 1. The number of aromatic nitrogens is 2. The molecule has 22 heavy (non-hydrogen) atoms. The van der Waals surface area contributed by atoms with Gasteiger partial charge in [-0.15, -0.1) is 0 Å². The number of nitrogens with one attached hydrogen (secondary N) is 1. The van der Waals surface area contributed by atoms with E-state index in [9.17, 15) is 9.00 Å². The number of carbonyl (C=O) groups is 1. The molecule has 1 atom stereocenters. The highest BCUT2D eigenvalue weighted by atomic mass is 32.2. The monoisotopic (exact) mass is 325 g/mol. The number of nitrogens with zero attached hydrogens (tertiary/aromatic N) is 4. The Morgan fingerprint density at radius 3 is 2.55 bits per heavy atom. The average molecular weight is 325 g/mol. The molecule has 2 heterocycles. The van der Waals surface area contributed by atoms with Crippen molar-refractivity contribution in [3.8, 4) is 0 Å². The van der Waals surface area contributed by atoms with Crippen LogP contribution in [0.15, 0.2) is 12.4 Å². The highest BCUT2D eigenvalue weighted by molar-refractivity contribution is 7.80. The summed E-state index contributed by atoms with van der Waals surface area (Å²) in [6.45, 7) is 4.36. The van der Waals surface area contributed by atoms with Gasteiger partial charge in [0.25, 0.3) is 17.2 Å². The van der Waals surface area contributed by atoms with Crippen LogP contribution < -0.4 is 4.72 Å². The first-order valence-electron chi connectivity index (χ1n) is 7.33. The molecular formula is C13H19N5O3S. The molecule has 1 saturated heterocycles. The summed E-state index contributed by atoms with van der Waals surface area (Å²) in [7, 11) is 0. The Bertz CT molecular complexity index is 555. The van der Waals surface area contributed by atoms with Crippen LogP contribution in [0.2, 0.25) is 0 Å². The number of hydrogen-bond donors (Lipinski definition) is 2. The van der Waals surface area contributed by atoms with E-state index in [0.29, 0.717) is 13.1 Å². The van der Waals surface area contributed by atoms with Gasteiger partial charge >= 0.3 is 0 Å². The van der Waals surface area contributed by atoms with Gasteiger partial charge in [-0.2, -0.15) is 0 Å². The van der Waals surface area contributed by atoms with E-state index < -0.39 is 11.3 Å². The molecule has 9 heteroatoms. The van der Waals surface area contributed by atoms with Crippen LogP contribution in [0.5, 0.6) is 0 Å². The van der Waals surface area contributed by atoms with Crippen LogP contribution >= 0.6 is 0 Å². The number of anilines is 1. The lowest BCUT2D eigenvalue weighted by Gasteiger charge is -2.34. The Morgan fingerprint density at radius 2 is 2.00 bits per heavy atom. The first-order valence-corrected chi connectivity index (χ1v) is 8.43. The van der Waals surface area contributed by atoms with Gasteiger partial charge in [-0.25, -0.2) is 14.2 Å². The van der Waals surface area contributed by atoms with Crippen molar-refractivity contribution in [3.63, 3.8) is 0 Å². The van der Waals surface area contributed by atoms with E-state index in [1.54, 1.807) is 4.90 Å². The third kappa shape index (κ3) is 3.99. The molecule has 0 radical (unpaired) electrons. The number of hydrogen-bond acceptors (Lipinski definition) is 5. The lowest BCUT2D eigenvalue weighted by Crippen LogP contribution is -2.49. The van der Waals surface area contributed by atoms with Crippen LogP contribution in [-0.4, -0.2) is 67.2 Å². The van der Waals surface area contributed by atoms with E-state index in [-0.39, 0.29) is 17.4 Å². The summed E-state index contributed by atoms with van der Waals surface area (Å²) < 4.78 is 21.5. The second-order valence-electron chi connectivity index (χ2n) is 5.67. The number of rotatable bonds is 5. The predicted octanol–water partition coefficient (Wildman–Crippen LogP) is 0.193. The minimum Gasteiger partial charge on any atom is -0.335 e. The second-order valence-corrected chi connectivity index (χ2v) is 6.38. The summed E-state index contributed by atoms with van der Waals surface area (Å²) in [6, 6.07) is 0. The van der Waals surface area contributed by atoms with Gasteiger partial charge in [0.15, 0.2) is 5.82 Å². The van der Waals surface area contributed by atoms with Crippen molar-refractivity contribution >= 4 is 23.0 Å². The Balaban J connectivity index is 1.53. The largest absolute Gasteiger partial charge is 0.335 e. The van der Waals surface area contributed by atoms with Crippen molar-refractivity contribution in [2.24, 2.45) is 5.92 Å². The molecule has 1 aromatic rings. The van der Waals surface area contributed by atoms with Crippen molar-refractivity contribution in [2.45, 2.75) is 12.8 Å². The summed E-state index contributed by atoms with van der Waals surface area (Å²) in [6.07, 6.45) is 5.29. The average Bonchev–Trinajstić information content (AvgIpc) is 3.31. The van der Waals surface area contributed by atoms with Gasteiger partial charge in [0.05, 0.1) is 12.4 Å². The van der Waals surface area contributed by atoms with E-state index in [1.807, 2.05) is 0 Å². The normalized spacial score (nSPS) is 20.7. The molecule has 1 unspecified atom stereocenters. The molecule has 2 aliphatic rings. The highest BCUT2D eigenvalue weighted by Gasteiger charge is 2.28. The van der Waals surface area contributed by atoms with E-state index in [1.165, 1.54) is 25.2 Å². The smallest absolute Gasteiger partial charge is 0.274 e. The Morgan fingerprint density at radius 1 is 1.27 bits per heavy atom. The van der Waals surface area contributed by atoms with Crippen molar-refractivity contribution in [1.29, 1.82) is 0 Å². The fourth-order valence-corrected chi connectivity index (χ4v) is 2.83. The highest BCUT2D eigenvalue weighted by Crippen LogP contribution is 2.29. The lowest BCUT2D eigenvalue weighted by atomic mass is 10.2. The zero-order valence-electron chi connectivity index (χ0n) is 12.1. The third-order valence-corrected chi connectivity index (χ3v) is 4.32. The molecule has 0 bridgehead atoms. The topological polar surface area (TPSA) is 98.7 Å². The zero-order chi connectivity index (χ0) is 15.5. The van der Waals surface area contributed by atoms with E-state index in [4.69, 9.17) is 4.55 Å². The summed E-state index contributed by atoms with van der Waals surface area (Å²) >= 11 is -2.20. The third-order valence-electron chi connectivity index (χ3n) is 3.94. The number of piperazine rings is 1. The summed E-state index contributed by atoms with van der Waals surface area (Å²) in [5.41, 5.74) is 0.255. The van der Waals surface area contributed by atoms with Crippen molar-refractivity contribution < 1.29 is 13.6 Å². The van der Waals surface area contributed by atoms with Crippen LogP contribution in [-0.2, 0) is 11.3 Å². The molecule has 1 aliphatic carbocycles. The molecule has 120 valence electrons. The van der Waals surface area contributed by atoms with Crippen LogP contribution in [0.4, 0.5) is 5.82 Å². The van der Waals surface area contributed by atoms with Gasteiger partial charge < -0.3 is 4.90 Å². The maximum absolute atomic E-state index is 12.3. The molecule has 1 saturated carbocycles. The van der Waals surface area contributed by atoms with E-state index >= 15 is 0 Å². The first kappa shape index (κ1) is 15.3. The van der Waals surface area contributed by atoms with Gasteiger partial charge in [0, 0.05) is 32.7 Å². The van der Waals surface area contributed by atoms with E-state index in [0.717, 1.165) is 25.6 Å². The van der Waals surface area contributed by atoms with Gasteiger partial charge in [0.1, 0.15) is 5.69 Å². The molecule has 3 rings (SSSR count). The minimum absolute atomic E-state index is 0.143. The van der Waals surface area contributed by atoms with Gasteiger partial charge in [-0.1, -0.05) is 0 Å². The molecular weight excluding hydrogens is 306 g/mol. The van der Waals surface area contributed by atoms with Crippen LogP contribution in [0.1, 0.15) is 23.3 Å². The Kier molecular flexibility index (Phi) is 4.65. The minimum atomic E-state index is -2.20. The summed E-state index contributed by atoms with van der Waals surface area (Å²) in [5, 5.41) is 0. The lowest BCUT2D eigenvalue weighted by molar-refractivity contribution is 0.0626. The standard InChI is InChI=1S/C13H19N5O3S/c19-13(11-7-15-12(8-14-11)16-22(20)21)18-5-3-17(4-6-18)9-10-1-2-10/h7-8,10H,1-6,9H2,(H,15,16)(H,20,21). The Labute approximate surface area is 131 Å². The van der Waals surface area contributed by atoms with Crippen LogP contribution in [0.25, 0.3) is 0 Å². The second kappa shape index (κ2) is 6.67. The molecule has 1 amide bonds. The van der Waals surface area contributed by atoms with Crippen molar-refractivity contribution in [3.05, 3.63) is 18.1 Å². The number of amides is 1. The van der Waals surface area contributed by atoms with Crippen LogP contribution in [0.3, 0.4) is 0 Å². The predicted molar refractivity (Wildman–Crippen MR) is 81.5 cm³/mol. The van der Waals surface area contributed by atoms with Crippen molar-refractivity contribution in [1.82, 2.24) is 19.8 Å². The molecule has 0 spiro atoms. The SMILES string of the molecule is O=C(c1cnc(NS(=O)O)cn1)N1CCN(CC2CC2)CC1. The fraction of sp³-hybridized carbons (Fsp3) is 0.615. The first-order chi connectivity index (χ1) is 10.6. The zero-order valence-corrected chi connectivity index (χ0v) is 13.0. The molecule has 0 aromatic carbocycles. The Hall–Kier alpha value is -1.58. The summed E-state index contributed by atoms with van der Waals surface area (Å²) in [5.74, 6) is 0.882. The maximum atomic E-state index is 12.3. The maximum Gasteiger partial charge on any atom is 0.274 e. The molecule has 2 N–H and O–H groups in total. The van der Waals surface area contributed by atoms with Crippen LogP contribution in [0, 0.1) is 5.92 Å². The van der Waals surface area contributed by atoms with Gasteiger partial charge in [0.2, 0.25) is 0 Å². The van der Waals surface area contributed by atoms with Gasteiger partial charge in [-0.05, 0) is 18.8 Å². The molecule has 2 fully saturated rings. The van der Waals surface area contributed by atoms with E-state index in [2.05, 4.69) is 19.6 Å². The quantitative estimate of drug-likeness (QED) is 0.750. The molecule has 1 aromatic heterocycles. The van der Waals surface area contributed by atoms with Gasteiger partial charge in [-0.3, -0.25) is 19.0 Å². The molecule has 8 nitrogen and oxygen atoms in total. The molecule has 1 aliphatic heterocycles. The van der Waals surface area contributed by atoms with Crippen molar-refractivity contribution in [2.75, 3.05) is 37.4 Å².